The van der Waals surface area contributed by atoms with E-state index in [0.29, 0.717) is 0 Å². The Balaban J connectivity index is 3.00. The predicted molar refractivity (Wildman–Crippen MR) is 136 cm³/mol. The lowest BCUT2D eigenvalue weighted by atomic mass is 10.0. The van der Waals surface area contributed by atoms with Gasteiger partial charge in [0.2, 0.25) is 0 Å². The molecule has 0 heterocycles. The summed E-state index contributed by atoms with van der Waals surface area (Å²) in [5.41, 5.74) is 0. The fourth-order valence-corrected chi connectivity index (χ4v) is 4.46. The van der Waals surface area contributed by atoms with Gasteiger partial charge >= 0.3 is 0 Å². The predicted octanol–water partition coefficient (Wildman–Crippen LogP) is 11.3. The molecule has 0 N–H and O–H groups in total. The zero-order chi connectivity index (χ0) is 21.4. The zero-order valence-electron chi connectivity index (χ0n) is 21.4. The Kier molecular flexibility index (Phi) is 24.3. The van der Waals surface area contributed by atoms with Gasteiger partial charge in [-0.3, -0.25) is 0 Å². The molecule has 0 aromatic carbocycles. The third kappa shape index (κ3) is 28.0. The lowest BCUT2D eigenvalue weighted by Gasteiger charge is -2.05. The maximum Gasteiger partial charge on any atom is -0.0471 e. The van der Waals surface area contributed by atoms with Crippen LogP contribution in [-0.2, 0) is 0 Å². The average Bonchev–Trinajstić information content (AvgIpc) is 2.68. The summed E-state index contributed by atoms with van der Waals surface area (Å²) < 4.78 is 0. The second-order valence-electron chi connectivity index (χ2n) is 10.8. The van der Waals surface area contributed by atoms with Gasteiger partial charge in [-0.25, -0.2) is 0 Å². The highest BCUT2D eigenvalue weighted by Crippen LogP contribution is 2.16. The van der Waals surface area contributed by atoms with Gasteiger partial charge in [0.1, 0.15) is 0 Å². The molecule has 0 radical (unpaired) electrons. The first kappa shape index (κ1) is 29.0. The molecule has 0 fully saturated rings. The normalized spacial score (nSPS) is 11.8. The second-order valence-corrected chi connectivity index (χ2v) is 10.8. The molecule has 176 valence electrons. The van der Waals surface area contributed by atoms with E-state index in [0.717, 1.165) is 11.8 Å². The van der Waals surface area contributed by atoms with Crippen LogP contribution in [0.5, 0.6) is 0 Å². The van der Waals surface area contributed by atoms with Crippen molar-refractivity contribution in [1.29, 1.82) is 0 Å². The molecule has 0 atom stereocenters. The SMILES string of the molecule is CC(C)CCCCCCCCCCCCCCCCCCCCCCCC(C)C. The van der Waals surface area contributed by atoms with E-state index >= 15 is 0 Å². The van der Waals surface area contributed by atoms with Crippen LogP contribution in [-0.4, -0.2) is 0 Å². The van der Waals surface area contributed by atoms with Crippen LogP contribution in [0.2, 0.25) is 0 Å². The number of unbranched alkanes of at least 4 members (excludes halogenated alkanes) is 20. The molecule has 0 aromatic heterocycles. The minimum absolute atomic E-state index is 0.897. The van der Waals surface area contributed by atoms with Crippen LogP contribution in [0.1, 0.15) is 175 Å². The molecule has 29 heavy (non-hydrogen) atoms. The molecule has 0 nitrogen and oxygen atoms in total. The van der Waals surface area contributed by atoms with E-state index < -0.39 is 0 Å². The molecule has 0 aliphatic rings. The third-order valence-electron chi connectivity index (χ3n) is 6.56. The summed E-state index contributed by atoms with van der Waals surface area (Å²) in [6.45, 7) is 9.38. The first-order valence-electron chi connectivity index (χ1n) is 14.1. The van der Waals surface area contributed by atoms with Gasteiger partial charge in [0.15, 0.2) is 0 Å². The Hall–Kier alpha value is 0. The molecule has 0 rings (SSSR count). The van der Waals surface area contributed by atoms with Crippen LogP contribution in [0.15, 0.2) is 0 Å². The summed E-state index contributed by atoms with van der Waals surface area (Å²) in [6, 6.07) is 0. The van der Waals surface area contributed by atoms with Gasteiger partial charge in [0, 0.05) is 0 Å². The van der Waals surface area contributed by atoms with Gasteiger partial charge in [-0.2, -0.15) is 0 Å². The molecule has 0 unspecified atom stereocenters. The van der Waals surface area contributed by atoms with Crippen molar-refractivity contribution < 1.29 is 0 Å². The van der Waals surface area contributed by atoms with Gasteiger partial charge in [0.25, 0.3) is 0 Å². The second kappa shape index (κ2) is 24.3. The first-order valence-corrected chi connectivity index (χ1v) is 14.1. The van der Waals surface area contributed by atoms with Crippen LogP contribution in [0, 0.1) is 11.8 Å². The summed E-state index contributed by atoms with van der Waals surface area (Å²) in [5, 5.41) is 0. The van der Waals surface area contributed by atoms with Crippen molar-refractivity contribution in [3.63, 3.8) is 0 Å². The minimum atomic E-state index is 0.897. The fraction of sp³-hybridized carbons (Fsp3) is 1.00. The lowest BCUT2D eigenvalue weighted by molar-refractivity contribution is 0.497. The molecule has 0 heteroatoms. The van der Waals surface area contributed by atoms with Crippen molar-refractivity contribution in [2.24, 2.45) is 11.8 Å². The molecule has 0 aliphatic heterocycles. The van der Waals surface area contributed by atoms with Crippen LogP contribution >= 0.6 is 0 Å². The van der Waals surface area contributed by atoms with Crippen LogP contribution in [0.3, 0.4) is 0 Å². The van der Waals surface area contributed by atoms with E-state index in [1.807, 2.05) is 0 Å². The summed E-state index contributed by atoms with van der Waals surface area (Å²) >= 11 is 0. The topological polar surface area (TPSA) is 0 Å². The van der Waals surface area contributed by atoms with E-state index in [1.54, 1.807) is 0 Å². The van der Waals surface area contributed by atoms with Crippen LogP contribution < -0.4 is 0 Å². The zero-order valence-corrected chi connectivity index (χ0v) is 21.4. The van der Waals surface area contributed by atoms with Crippen molar-refractivity contribution in [2.45, 2.75) is 175 Å². The van der Waals surface area contributed by atoms with E-state index in [1.165, 1.54) is 148 Å². The summed E-state index contributed by atoms with van der Waals surface area (Å²) in [4.78, 5) is 0. The van der Waals surface area contributed by atoms with Crippen molar-refractivity contribution in [2.75, 3.05) is 0 Å². The third-order valence-corrected chi connectivity index (χ3v) is 6.56. The summed E-state index contributed by atoms with van der Waals surface area (Å²) in [7, 11) is 0. The molecule has 0 saturated heterocycles. The molecule has 0 saturated carbocycles. The molecule has 0 spiro atoms. The Labute approximate surface area is 187 Å². The number of rotatable bonds is 24. The standard InChI is InChI=1S/C29H60/c1-28(2)26-24-22-20-18-16-14-12-10-8-6-5-7-9-11-13-15-17-19-21-23-25-27-29(3)4/h28-29H,5-27H2,1-4H3. The van der Waals surface area contributed by atoms with Gasteiger partial charge in [0.05, 0.1) is 0 Å². The monoisotopic (exact) mass is 408 g/mol. The fourth-order valence-electron chi connectivity index (χ4n) is 4.46. The highest BCUT2D eigenvalue weighted by molar-refractivity contribution is 4.52. The van der Waals surface area contributed by atoms with E-state index in [-0.39, 0.29) is 0 Å². The van der Waals surface area contributed by atoms with E-state index in [9.17, 15) is 0 Å². The molecule has 0 aliphatic carbocycles. The van der Waals surface area contributed by atoms with Gasteiger partial charge in [-0.15, -0.1) is 0 Å². The van der Waals surface area contributed by atoms with Crippen molar-refractivity contribution in [3.05, 3.63) is 0 Å². The van der Waals surface area contributed by atoms with E-state index in [4.69, 9.17) is 0 Å². The van der Waals surface area contributed by atoms with Crippen molar-refractivity contribution in [1.82, 2.24) is 0 Å². The van der Waals surface area contributed by atoms with Crippen LogP contribution in [0.25, 0.3) is 0 Å². The van der Waals surface area contributed by atoms with E-state index in [2.05, 4.69) is 27.7 Å². The molecule has 0 bridgehead atoms. The van der Waals surface area contributed by atoms with Crippen molar-refractivity contribution in [3.8, 4) is 0 Å². The smallest absolute Gasteiger partial charge is 0.0471 e. The summed E-state index contributed by atoms with van der Waals surface area (Å²) in [6.07, 6.45) is 34.0. The maximum absolute atomic E-state index is 2.35. The minimum Gasteiger partial charge on any atom is -0.0628 e. The van der Waals surface area contributed by atoms with Gasteiger partial charge in [-0.05, 0) is 11.8 Å². The Morgan fingerprint density at radius 3 is 0.517 bits per heavy atom. The summed E-state index contributed by atoms with van der Waals surface area (Å²) in [5.74, 6) is 1.79. The maximum atomic E-state index is 2.35. The highest BCUT2D eigenvalue weighted by Gasteiger charge is 1.97. The average molecular weight is 409 g/mol. The van der Waals surface area contributed by atoms with Gasteiger partial charge < -0.3 is 0 Å². The Bertz CT molecular complexity index is 250. The first-order chi connectivity index (χ1) is 14.1. The quantitative estimate of drug-likeness (QED) is 0.139. The Morgan fingerprint density at radius 1 is 0.241 bits per heavy atom. The number of hydrogen-bond acceptors (Lipinski definition) is 0. The molecular formula is C29H60. The van der Waals surface area contributed by atoms with Gasteiger partial charge in [-0.1, -0.05) is 175 Å². The van der Waals surface area contributed by atoms with Crippen LogP contribution in [0.4, 0.5) is 0 Å². The van der Waals surface area contributed by atoms with Crippen molar-refractivity contribution >= 4 is 0 Å². The molecule has 0 amide bonds. The number of hydrogen-bond donors (Lipinski definition) is 0. The molecular weight excluding hydrogens is 348 g/mol. The lowest BCUT2D eigenvalue weighted by Crippen LogP contribution is -1.87. The molecule has 0 aromatic rings. The largest absolute Gasteiger partial charge is 0.0628 e. The Morgan fingerprint density at radius 2 is 0.379 bits per heavy atom. The highest BCUT2D eigenvalue weighted by atomic mass is 14.0.